The molecule has 2 aliphatic rings. The smallest absolute Gasteiger partial charge is 0.156 e. The number of piperidine rings is 1. The molecule has 3 nitrogen and oxygen atoms in total. The Bertz CT molecular complexity index is 620. The number of allylic oxidation sites excluding steroid dienone is 2. The van der Waals surface area contributed by atoms with Crippen molar-refractivity contribution in [3.8, 4) is 0 Å². The molecule has 1 saturated heterocycles. The summed E-state index contributed by atoms with van der Waals surface area (Å²) in [5, 5.41) is 0. The molecule has 1 aliphatic heterocycles. The van der Waals surface area contributed by atoms with Crippen LogP contribution in [0.1, 0.15) is 51.5 Å². The van der Waals surface area contributed by atoms with E-state index in [4.69, 9.17) is 9.47 Å². The molecule has 142 valence electrons. The van der Waals surface area contributed by atoms with Gasteiger partial charge in [-0.1, -0.05) is 50.1 Å². The minimum absolute atomic E-state index is 0.617. The predicted molar refractivity (Wildman–Crippen MR) is 107 cm³/mol. The lowest BCUT2D eigenvalue weighted by molar-refractivity contribution is 0.130. The summed E-state index contributed by atoms with van der Waals surface area (Å²) in [7, 11) is 0. The minimum atomic E-state index is 0.617. The lowest BCUT2D eigenvalue weighted by Crippen LogP contribution is -2.37. The third-order valence-corrected chi connectivity index (χ3v) is 5.38. The van der Waals surface area contributed by atoms with Crippen LogP contribution in [0.25, 0.3) is 0 Å². The van der Waals surface area contributed by atoms with E-state index in [-0.39, 0.29) is 0 Å². The van der Waals surface area contributed by atoms with Gasteiger partial charge in [-0.25, -0.2) is 0 Å². The van der Waals surface area contributed by atoms with Crippen molar-refractivity contribution >= 4 is 0 Å². The van der Waals surface area contributed by atoms with E-state index < -0.39 is 0 Å². The first-order valence-electron chi connectivity index (χ1n) is 10.3. The summed E-state index contributed by atoms with van der Waals surface area (Å²) in [5.41, 5.74) is 2.74. The largest absolute Gasteiger partial charge is 0.490 e. The molecule has 1 heterocycles. The molecule has 1 atom stereocenters. The maximum Gasteiger partial charge on any atom is 0.156 e. The van der Waals surface area contributed by atoms with Crippen LogP contribution in [0, 0.1) is 5.92 Å². The first-order valence-corrected chi connectivity index (χ1v) is 10.3. The average Bonchev–Trinajstić information content (AvgIpc) is 2.67. The molecule has 1 unspecified atom stereocenters. The molecule has 26 heavy (non-hydrogen) atoms. The highest BCUT2D eigenvalue weighted by molar-refractivity contribution is 5.31. The number of unbranched alkanes of at least 4 members (excludes halogenated alkanes) is 2. The van der Waals surface area contributed by atoms with E-state index in [1.54, 1.807) is 0 Å². The zero-order chi connectivity index (χ0) is 18.2. The number of hydrogen-bond acceptors (Lipinski definition) is 3. The van der Waals surface area contributed by atoms with Crippen molar-refractivity contribution in [3.05, 3.63) is 59.1 Å². The number of benzene rings is 1. The molecule has 0 spiro atoms. The van der Waals surface area contributed by atoms with Gasteiger partial charge in [-0.05, 0) is 56.0 Å². The van der Waals surface area contributed by atoms with Crippen molar-refractivity contribution < 1.29 is 9.47 Å². The standard InChI is InChI=1S/C23H33NO2/c1-3-5-9-13-24-14-12-20-15-23(22(25-4-2)16-21(20)17-24)26-18-19-10-7-6-8-11-19/h6-8,10-11,16,20H,3-5,9,12-15,17-18H2,1-2H3. The van der Waals surface area contributed by atoms with Gasteiger partial charge in [0.15, 0.2) is 5.76 Å². The fourth-order valence-corrected chi connectivity index (χ4v) is 3.89. The van der Waals surface area contributed by atoms with Crippen LogP contribution in [-0.2, 0) is 16.1 Å². The van der Waals surface area contributed by atoms with E-state index in [1.807, 2.05) is 13.0 Å². The van der Waals surface area contributed by atoms with Crippen LogP contribution in [0.15, 0.2) is 53.5 Å². The second-order valence-corrected chi connectivity index (χ2v) is 7.39. The Morgan fingerprint density at radius 1 is 1.08 bits per heavy atom. The topological polar surface area (TPSA) is 21.7 Å². The van der Waals surface area contributed by atoms with Crippen molar-refractivity contribution in [1.29, 1.82) is 0 Å². The van der Waals surface area contributed by atoms with Gasteiger partial charge in [0.25, 0.3) is 0 Å². The molecule has 0 bridgehead atoms. The summed E-state index contributed by atoms with van der Waals surface area (Å²) in [6.07, 6.45) is 8.42. The van der Waals surface area contributed by atoms with Crippen molar-refractivity contribution in [2.24, 2.45) is 5.92 Å². The maximum absolute atomic E-state index is 6.19. The minimum Gasteiger partial charge on any atom is -0.490 e. The van der Waals surface area contributed by atoms with Crippen LogP contribution in [0.3, 0.4) is 0 Å². The lowest BCUT2D eigenvalue weighted by Gasteiger charge is -2.37. The zero-order valence-electron chi connectivity index (χ0n) is 16.4. The predicted octanol–water partition coefficient (Wildman–Crippen LogP) is 5.29. The van der Waals surface area contributed by atoms with Crippen molar-refractivity contribution in [2.45, 2.75) is 52.6 Å². The average molecular weight is 356 g/mol. The van der Waals surface area contributed by atoms with E-state index in [9.17, 15) is 0 Å². The second kappa shape index (κ2) is 9.82. The number of fused-ring (bicyclic) bond motifs is 1. The summed E-state index contributed by atoms with van der Waals surface area (Å²) < 4.78 is 12.1. The van der Waals surface area contributed by atoms with E-state index in [0.717, 1.165) is 24.5 Å². The summed E-state index contributed by atoms with van der Waals surface area (Å²) in [6.45, 7) is 9.14. The molecule has 1 aromatic rings. The van der Waals surface area contributed by atoms with Crippen molar-refractivity contribution in [2.75, 3.05) is 26.2 Å². The number of nitrogens with zero attached hydrogens (tertiary/aromatic N) is 1. The Morgan fingerprint density at radius 2 is 1.92 bits per heavy atom. The molecular weight excluding hydrogens is 322 g/mol. The highest BCUT2D eigenvalue weighted by Gasteiger charge is 2.30. The quantitative estimate of drug-likeness (QED) is 0.562. The molecule has 3 rings (SSSR count). The molecule has 3 heteroatoms. The SMILES string of the molecule is CCCCCN1CCC2CC(OCc3ccccc3)=C(OCC)C=C2C1. The first kappa shape index (κ1) is 19.0. The molecule has 0 amide bonds. The number of likely N-dealkylation sites (tertiary alicyclic amines) is 1. The van der Waals surface area contributed by atoms with E-state index in [0.29, 0.717) is 19.1 Å². The molecule has 1 aromatic carbocycles. The van der Waals surface area contributed by atoms with Gasteiger partial charge < -0.3 is 9.47 Å². The van der Waals surface area contributed by atoms with Gasteiger partial charge in [0, 0.05) is 13.0 Å². The number of rotatable bonds is 9. The molecule has 0 aromatic heterocycles. The molecule has 0 N–H and O–H groups in total. The van der Waals surface area contributed by atoms with Crippen molar-refractivity contribution in [1.82, 2.24) is 4.90 Å². The van der Waals surface area contributed by atoms with Gasteiger partial charge in [-0.2, -0.15) is 0 Å². The molecule has 0 radical (unpaired) electrons. The third-order valence-electron chi connectivity index (χ3n) is 5.38. The first-order chi connectivity index (χ1) is 12.8. The third kappa shape index (κ3) is 5.14. The molecule has 0 saturated carbocycles. The fraction of sp³-hybridized carbons (Fsp3) is 0.565. The van der Waals surface area contributed by atoms with Gasteiger partial charge in [0.1, 0.15) is 12.4 Å². The van der Waals surface area contributed by atoms with Crippen LogP contribution < -0.4 is 0 Å². The van der Waals surface area contributed by atoms with E-state index >= 15 is 0 Å². The second-order valence-electron chi connectivity index (χ2n) is 7.39. The highest BCUT2D eigenvalue weighted by Crippen LogP contribution is 2.36. The summed E-state index contributed by atoms with van der Waals surface area (Å²) >= 11 is 0. The molecule has 1 fully saturated rings. The monoisotopic (exact) mass is 355 g/mol. The molecule has 1 aliphatic carbocycles. The van der Waals surface area contributed by atoms with Gasteiger partial charge in [-0.3, -0.25) is 4.90 Å². The summed E-state index contributed by atoms with van der Waals surface area (Å²) in [6, 6.07) is 10.4. The lowest BCUT2D eigenvalue weighted by atomic mass is 9.84. The summed E-state index contributed by atoms with van der Waals surface area (Å²) in [4.78, 5) is 2.61. The Kier molecular flexibility index (Phi) is 7.19. The fourth-order valence-electron chi connectivity index (χ4n) is 3.89. The Hall–Kier alpha value is -1.74. The van der Waals surface area contributed by atoms with Crippen LogP contribution in [0.5, 0.6) is 0 Å². The van der Waals surface area contributed by atoms with Gasteiger partial charge >= 0.3 is 0 Å². The maximum atomic E-state index is 6.19. The highest BCUT2D eigenvalue weighted by atomic mass is 16.5. The van der Waals surface area contributed by atoms with Crippen LogP contribution in [0.2, 0.25) is 0 Å². The van der Waals surface area contributed by atoms with Crippen LogP contribution in [-0.4, -0.2) is 31.1 Å². The van der Waals surface area contributed by atoms with Gasteiger partial charge in [0.2, 0.25) is 0 Å². The van der Waals surface area contributed by atoms with Crippen molar-refractivity contribution in [3.63, 3.8) is 0 Å². The van der Waals surface area contributed by atoms with Gasteiger partial charge in [0.05, 0.1) is 6.61 Å². The van der Waals surface area contributed by atoms with E-state index in [1.165, 1.54) is 49.9 Å². The van der Waals surface area contributed by atoms with E-state index in [2.05, 4.69) is 42.2 Å². The zero-order valence-corrected chi connectivity index (χ0v) is 16.4. The molecular formula is C23H33NO2. The Labute approximate surface area is 158 Å². The normalized spacial score (nSPS) is 20.5. The number of hydrogen-bond donors (Lipinski definition) is 0. The van der Waals surface area contributed by atoms with Crippen LogP contribution in [0.4, 0.5) is 0 Å². The Balaban J connectivity index is 1.65. The van der Waals surface area contributed by atoms with Crippen LogP contribution >= 0.6 is 0 Å². The summed E-state index contributed by atoms with van der Waals surface area (Å²) in [5.74, 6) is 2.60. The Morgan fingerprint density at radius 3 is 2.69 bits per heavy atom. The number of ether oxygens (including phenoxy) is 2. The van der Waals surface area contributed by atoms with Gasteiger partial charge in [-0.15, -0.1) is 0 Å².